The fourth-order valence-corrected chi connectivity index (χ4v) is 0.474. The van der Waals surface area contributed by atoms with Gasteiger partial charge >= 0.3 is 0 Å². The maximum Gasteiger partial charge on any atom is 0.0733 e. The average molecular weight is 124 g/mol. The van der Waals surface area contributed by atoms with Crippen LogP contribution in [0.1, 0.15) is 0 Å². The van der Waals surface area contributed by atoms with Crippen molar-refractivity contribution in [2.75, 3.05) is 13.5 Å². The first-order valence-electron chi connectivity index (χ1n) is 1.56. The normalized spacial score (nSPS) is 11.9. The molecule has 0 aromatic carbocycles. The van der Waals surface area contributed by atoms with E-state index >= 15 is 0 Å². The van der Waals surface area contributed by atoms with Crippen molar-refractivity contribution in [3.63, 3.8) is 0 Å². The third kappa shape index (κ3) is 6.11. The predicted octanol–water partition coefficient (Wildman–Crippen LogP) is -1.50. The van der Waals surface area contributed by atoms with Gasteiger partial charge in [0.15, 0.2) is 0 Å². The van der Waals surface area contributed by atoms with Crippen LogP contribution in [0.3, 0.4) is 0 Å². The molecule has 0 aromatic rings. The van der Waals surface area contributed by atoms with Gasteiger partial charge in [-0.3, -0.25) is 0 Å². The fraction of sp³-hybridized carbons (Fsp3) is 1.00. The van der Waals surface area contributed by atoms with Gasteiger partial charge in [-0.15, -0.1) is 0 Å². The zero-order chi connectivity index (χ0) is 5.91. The van der Waals surface area contributed by atoms with Gasteiger partial charge in [-0.05, 0) is 7.60 Å². The molecule has 0 aromatic heterocycles. The highest BCUT2D eigenvalue weighted by molar-refractivity contribution is 7.48. The smallest absolute Gasteiger partial charge is 0.0733 e. The molecule has 0 fully saturated rings. The standard InChI is InChI=1S/C2H7O4P/c1-6-2-7(3,4)5/h2H2,1H3,(H2,3,4,5)/p-2. The highest BCUT2D eigenvalue weighted by Gasteiger charge is 1.83. The largest absolute Gasteiger partial charge is 0.809 e. The minimum Gasteiger partial charge on any atom is -0.809 e. The van der Waals surface area contributed by atoms with E-state index in [0.29, 0.717) is 0 Å². The molecular formula is C2H5O4P-2. The lowest BCUT2D eigenvalue weighted by molar-refractivity contribution is -0.317. The summed E-state index contributed by atoms with van der Waals surface area (Å²) >= 11 is 0. The van der Waals surface area contributed by atoms with Crippen LogP contribution in [-0.4, -0.2) is 13.5 Å². The topological polar surface area (TPSA) is 72.4 Å². The Hall–Kier alpha value is 0.110. The van der Waals surface area contributed by atoms with Crippen LogP contribution in [0, 0.1) is 0 Å². The Morgan fingerprint density at radius 1 is 1.71 bits per heavy atom. The lowest BCUT2D eigenvalue weighted by atomic mass is 11.5. The molecule has 0 atom stereocenters. The third-order valence-electron chi connectivity index (χ3n) is 0.287. The molecule has 0 spiro atoms. The Morgan fingerprint density at radius 3 is 2.14 bits per heavy atom. The summed E-state index contributed by atoms with van der Waals surface area (Å²) in [4.78, 5) is 19.2. The highest BCUT2D eigenvalue weighted by Crippen LogP contribution is 2.20. The Bertz CT molecular complexity index is 83.7. The van der Waals surface area contributed by atoms with E-state index in [1.807, 2.05) is 0 Å². The van der Waals surface area contributed by atoms with Crippen molar-refractivity contribution in [3.05, 3.63) is 0 Å². The Kier molecular flexibility index (Phi) is 2.46. The second kappa shape index (κ2) is 2.43. The molecule has 0 aliphatic rings. The zero-order valence-electron chi connectivity index (χ0n) is 3.79. The van der Waals surface area contributed by atoms with E-state index in [0.717, 1.165) is 7.11 Å². The molecule has 0 rings (SSSR count). The van der Waals surface area contributed by atoms with Crippen molar-refractivity contribution in [2.45, 2.75) is 0 Å². The average Bonchev–Trinajstić information content (AvgIpc) is 1.30. The molecule has 0 bridgehead atoms. The van der Waals surface area contributed by atoms with Crippen LogP contribution < -0.4 is 9.79 Å². The minimum atomic E-state index is -4.39. The van der Waals surface area contributed by atoms with Gasteiger partial charge in [0, 0.05) is 7.11 Å². The van der Waals surface area contributed by atoms with Gasteiger partial charge in [-0.25, -0.2) is 0 Å². The van der Waals surface area contributed by atoms with Crippen LogP contribution in [0.5, 0.6) is 0 Å². The van der Waals surface area contributed by atoms with Crippen molar-refractivity contribution in [2.24, 2.45) is 0 Å². The highest BCUT2D eigenvalue weighted by atomic mass is 31.2. The summed E-state index contributed by atoms with van der Waals surface area (Å²) in [5.74, 6) is 0. The molecule has 0 saturated heterocycles. The van der Waals surface area contributed by atoms with E-state index in [1.54, 1.807) is 0 Å². The summed E-state index contributed by atoms with van der Waals surface area (Å²) in [6.07, 6.45) is -0.715. The van der Waals surface area contributed by atoms with Crippen molar-refractivity contribution in [1.82, 2.24) is 0 Å². The van der Waals surface area contributed by atoms with Gasteiger partial charge in [-0.2, -0.15) is 0 Å². The molecule has 0 aliphatic heterocycles. The van der Waals surface area contributed by atoms with Gasteiger partial charge in [0.2, 0.25) is 0 Å². The number of hydrogen-bond acceptors (Lipinski definition) is 4. The number of ether oxygens (including phenoxy) is 1. The summed E-state index contributed by atoms with van der Waals surface area (Å²) in [7, 11) is -3.23. The molecular weight excluding hydrogens is 119 g/mol. The summed E-state index contributed by atoms with van der Waals surface area (Å²) < 4.78 is 13.6. The van der Waals surface area contributed by atoms with Crippen LogP contribution in [-0.2, 0) is 9.30 Å². The first-order valence-corrected chi connectivity index (χ1v) is 3.29. The predicted molar refractivity (Wildman–Crippen MR) is 19.5 cm³/mol. The van der Waals surface area contributed by atoms with Crippen molar-refractivity contribution < 1.29 is 19.1 Å². The zero-order valence-corrected chi connectivity index (χ0v) is 4.68. The van der Waals surface area contributed by atoms with E-state index in [4.69, 9.17) is 0 Å². The molecule has 0 radical (unpaired) electrons. The molecule has 0 amide bonds. The van der Waals surface area contributed by atoms with Gasteiger partial charge in [-0.1, -0.05) is 0 Å². The number of methoxy groups -OCH3 is 1. The van der Waals surface area contributed by atoms with Crippen molar-refractivity contribution >= 4 is 7.60 Å². The lowest BCUT2D eigenvalue weighted by Gasteiger charge is -2.27. The maximum atomic E-state index is 9.58. The second-order valence-electron chi connectivity index (χ2n) is 1.03. The van der Waals surface area contributed by atoms with E-state index in [9.17, 15) is 14.4 Å². The molecule has 0 aliphatic carbocycles. The quantitative estimate of drug-likeness (QED) is 0.420. The van der Waals surface area contributed by atoms with Crippen molar-refractivity contribution in [1.29, 1.82) is 0 Å². The molecule has 5 heteroatoms. The summed E-state index contributed by atoms with van der Waals surface area (Å²) in [6, 6.07) is 0. The Morgan fingerprint density at radius 2 is 2.14 bits per heavy atom. The lowest BCUT2D eigenvalue weighted by Crippen LogP contribution is -2.17. The third-order valence-corrected chi connectivity index (χ3v) is 0.862. The fourth-order valence-electron chi connectivity index (χ4n) is 0.158. The van der Waals surface area contributed by atoms with Gasteiger partial charge < -0.3 is 19.1 Å². The number of hydrogen-bond donors (Lipinski definition) is 0. The molecule has 7 heavy (non-hydrogen) atoms. The van der Waals surface area contributed by atoms with Crippen LogP contribution in [0.15, 0.2) is 0 Å². The first kappa shape index (κ1) is 7.11. The SMILES string of the molecule is COCP(=O)([O-])[O-]. The molecule has 0 saturated carbocycles. The van der Waals surface area contributed by atoms with Crippen LogP contribution in [0.2, 0.25) is 0 Å². The monoisotopic (exact) mass is 124 g/mol. The Labute approximate surface area is 41.3 Å². The molecule has 44 valence electrons. The van der Waals surface area contributed by atoms with Gasteiger partial charge in [0.05, 0.1) is 6.35 Å². The molecule has 0 heterocycles. The van der Waals surface area contributed by atoms with Crippen LogP contribution in [0.4, 0.5) is 0 Å². The summed E-state index contributed by atoms with van der Waals surface area (Å²) in [5.41, 5.74) is 0. The van der Waals surface area contributed by atoms with E-state index in [1.165, 1.54) is 0 Å². The van der Waals surface area contributed by atoms with E-state index in [2.05, 4.69) is 4.74 Å². The molecule has 0 unspecified atom stereocenters. The molecule has 0 N–H and O–H groups in total. The summed E-state index contributed by atoms with van der Waals surface area (Å²) in [5, 5.41) is 0. The van der Waals surface area contributed by atoms with Crippen molar-refractivity contribution in [3.8, 4) is 0 Å². The minimum absolute atomic E-state index is 0.715. The first-order chi connectivity index (χ1) is 3.06. The van der Waals surface area contributed by atoms with Gasteiger partial charge in [0.1, 0.15) is 0 Å². The molecule has 4 nitrogen and oxygen atoms in total. The van der Waals surface area contributed by atoms with Crippen LogP contribution in [0.25, 0.3) is 0 Å². The Balaban J connectivity index is 3.36. The van der Waals surface area contributed by atoms with Gasteiger partial charge in [0.25, 0.3) is 0 Å². The maximum absolute atomic E-state index is 9.58. The number of rotatable bonds is 2. The van der Waals surface area contributed by atoms with E-state index < -0.39 is 13.9 Å². The summed E-state index contributed by atoms with van der Waals surface area (Å²) in [6.45, 7) is 0. The van der Waals surface area contributed by atoms with Crippen LogP contribution >= 0.6 is 7.60 Å². The second-order valence-corrected chi connectivity index (χ2v) is 2.51. The van der Waals surface area contributed by atoms with E-state index in [-0.39, 0.29) is 0 Å².